The summed E-state index contributed by atoms with van der Waals surface area (Å²) < 4.78 is 26.0. The first kappa shape index (κ1) is 95.6. The fraction of sp³-hybridized carbons (Fsp3) is 0.0566. The Bertz CT molecular complexity index is 5590. The summed E-state index contributed by atoms with van der Waals surface area (Å²) in [6, 6.07) is 140. The van der Waals surface area contributed by atoms with Gasteiger partial charge in [0.1, 0.15) is 17.2 Å². The van der Waals surface area contributed by atoms with Gasteiger partial charge in [0.15, 0.2) is 68.6 Å². The summed E-state index contributed by atoms with van der Waals surface area (Å²) in [5.74, 6) is -8.55. The van der Waals surface area contributed by atoms with Crippen LogP contribution in [0.5, 0.6) is 40.2 Å². The minimum atomic E-state index is -3.23. The first-order valence-corrected chi connectivity index (χ1v) is 46.6. The molecule has 0 heterocycles. The van der Waals surface area contributed by atoms with Crippen LogP contribution in [-0.4, -0.2) is 73.3 Å². The van der Waals surface area contributed by atoms with Crippen LogP contribution in [0.25, 0.3) is 0 Å². The number of carbonyl (C=O) groups is 4. The first-order chi connectivity index (χ1) is 62.1. The molecule has 0 spiro atoms. The highest BCUT2D eigenvalue weighted by molar-refractivity contribution is 7.98. The van der Waals surface area contributed by atoms with Crippen molar-refractivity contribution in [3.05, 3.63) is 459 Å². The smallest absolute Gasteiger partial charge is 0.338 e. The van der Waals surface area contributed by atoms with E-state index in [-0.39, 0.29) is 71.5 Å². The Morgan fingerprint density at radius 2 is 0.492 bits per heavy atom. The number of sulfone groups is 1. The SMILES string of the molecule is O=C(O)c1c([O-])cccc1O.O=C(O)c1cc(O)ccc1[O-].O=C(O)c1ccc(O)cc1[O-].O=C(O)c1ccccc1[O-].O=S(=O)(c1ccc([S+](c2ccccc2)c2ccccc2)cc1)C1CCCCC1.c1ccc([S+](c2ccccc2)c2ccccc2)cc1.c1ccc([S+](c2ccccc2)c2ccccc2)cc1.c1ccc([S+](c2ccccc2)c2ccccc2)cc1. The number of benzene rings is 16. The Labute approximate surface area is 755 Å². The summed E-state index contributed by atoms with van der Waals surface area (Å²) in [6.45, 7) is 0. The van der Waals surface area contributed by atoms with E-state index in [1.807, 2.05) is 36.4 Å². The molecule has 646 valence electrons. The van der Waals surface area contributed by atoms with Gasteiger partial charge in [-0.15, -0.1) is 0 Å². The molecule has 17 rings (SSSR count). The average molecular weight is 1800 g/mol. The Kier molecular flexibility index (Phi) is 37.1. The fourth-order valence-electron chi connectivity index (χ4n) is 12.8. The number of hydrogen-bond acceptors (Lipinski definition) is 13. The van der Waals surface area contributed by atoms with Crippen molar-refractivity contribution in [2.45, 2.75) is 101 Å². The van der Waals surface area contributed by atoms with Gasteiger partial charge >= 0.3 is 23.9 Å². The zero-order valence-corrected chi connectivity index (χ0v) is 73.0. The normalized spacial score (nSPS) is 11.3. The third kappa shape index (κ3) is 28.4. The molecule has 0 unspecified atom stereocenters. The number of hydrogen-bond donors (Lipinski definition) is 7. The molecule has 0 radical (unpaired) electrons. The number of para-hydroxylation sites is 1. The van der Waals surface area contributed by atoms with E-state index >= 15 is 0 Å². The zero-order valence-electron chi connectivity index (χ0n) is 68.9. The maximum atomic E-state index is 13.0. The van der Waals surface area contributed by atoms with E-state index < -0.39 is 73.6 Å². The van der Waals surface area contributed by atoms with Gasteiger partial charge in [-0.05, 0) is 213 Å². The van der Waals surface area contributed by atoms with Gasteiger partial charge in [0, 0.05) is 0 Å². The summed E-state index contributed by atoms with van der Waals surface area (Å²) in [6.07, 6.45) is 4.79. The van der Waals surface area contributed by atoms with E-state index in [9.17, 15) is 48.0 Å². The predicted molar refractivity (Wildman–Crippen MR) is 496 cm³/mol. The van der Waals surface area contributed by atoms with Crippen molar-refractivity contribution in [1.29, 1.82) is 0 Å². The van der Waals surface area contributed by atoms with Gasteiger partial charge < -0.3 is 56.2 Å². The summed E-state index contributed by atoms with van der Waals surface area (Å²) >= 11 is 0. The van der Waals surface area contributed by atoms with Gasteiger partial charge in [-0.3, -0.25) is 0 Å². The van der Waals surface area contributed by atoms with Crippen LogP contribution < -0.4 is 20.4 Å². The van der Waals surface area contributed by atoms with Crippen LogP contribution in [-0.2, 0) is 53.4 Å². The summed E-state index contributed by atoms with van der Waals surface area (Å²) in [4.78, 5) is 57.3. The molecule has 1 saturated carbocycles. The summed E-state index contributed by atoms with van der Waals surface area (Å²) in [5, 5.41) is 103. The van der Waals surface area contributed by atoms with Crippen LogP contribution in [0.2, 0.25) is 0 Å². The molecule has 0 aliphatic heterocycles. The van der Waals surface area contributed by atoms with E-state index in [4.69, 9.17) is 35.7 Å². The number of aromatic carboxylic acids is 4. The highest BCUT2D eigenvalue weighted by Gasteiger charge is 2.34. The third-order valence-corrected chi connectivity index (χ3v) is 30.1. The van der Waals surface area contributed by atoms with E-state index in [2.05, 4.69) is 322 Å². The second kappa shape index (κ2) is 49.7. The number of rotatable bonds is 18. The fourth-order valence-corrected chi connectivity index (χ4v) is 23.1. The molecule has 0 saturated heterocycles. The Balaban J connectivity index is 0.000000156. The highest BCUT2D eigenvalue weighted by atomic mass is 32.2. The molecule has 16 aromatic carbocycles. The topological polar surface area (TPSA) is 336 Å². The van der Waals surface area contributed by atoms with Crippen LogP contribution >= 0.6 is 0 Å². The molecule has 17 nitrogen and oxygen atoms in total. The molecule has 128 heavy (non-hydrogen) atoms. The molecule has 7 N–H and O–H groups in total. The Morgan fingerprint density at radius 3 is 0.742 bits per heavy atom. The molecule has 0 amide bonds. The van der Waals surface area contributed by atoms with Crippen LogP contribution in [0, 0.1) is 0 Å². The standard InChI is InChI=1S/C24H25O2S2.3C18H15S.3C7H6O4.C7H6O3/c25-28(26,23-14-8-3-9-15-23)24-18-16-22(17-19-24)27(20-10-4-1-5-11-20)21-12-6-2-7-13-21;3*1-4-10-16(11-5-1)19(17-12-6-2-7-13-17)18-14-8-3-9-15-18;8-4-1-2-6(9)5(3-4)7(10)11;8-4-1-2-5(7(10)11)6(9)3-4;8-4-2-1-3-5(9)6(4)7(10)11;8-6-4-2-1-3-5(6)7(9)10/h1-2,4-7,10-13,16-19,23H,3,8-9,14-15H2;3*1-15H;3*1-3,8-9H,(H,10,11);1-4,8H,(H,9,10)/q4*+1;;;;/p-4. The van der Waals surface area contributed by atoms with Gasteiger partial charge in [0.25, 0.3) is 0 Å². The minimum Gasteiger partial charge on any atom is -0.872 e. The van der Waals surface area contributed by atoms with Crippen molar-refractivity contribution in [1.82, 2.24) is 0 Å². The van der Waals surface area contributed by atoms with E-state index in [0.29, 0.717) is 4.90 Å². The van der Waals surface area contributed by atoms with Crippen molar-refractivity contribution in [2.24, 2.45) is 0 Å². The maximum absolute atomic E-state index is 13.0. The zero-order chi connectivity index (χ0) is 91.0. The lowest BCUT2D eigenvalue weighted by molar-refractivity contribution is -0.269. The van der Waals surface area contributed by atoms with Crippen molar-refractivity contribution >= 4 is 77.3 Å². The molecule has 1 fully saturated rings. The van der Waals surface area contributed by atoms with Crippen molar-refractivity contribution < 1.29 is 83.8 Å². The molecule has 1 aliphatic carbocycles. The molecule has 1 aliphatic rings. The van der Waals surface area contributed by atoms with Crippen LogP contribution in [0.15, 0.2) is 500 Å². The predicted octanol–water partition coefficient (Wildman–Crippen LogP) is 21.2. The van der Waals surface area contributed by atoms with Crippen molar-refractivity contribution in [2.75, 3.05) is 0 Å². The molecular weight excluding hydrogens is 1710 g/mol. The highest BCUT2D eigenvalue weighted by Crippen LogP contribution is 2.37. The lowest BCUT2D eigenvalue weighted by atomic mass is 10.0. The number of aromatic hydroxyl groups is 3. The van der Waals surface area contributed by atoms with Gasteiger partial charge in [-0.2, -0.15) is 0 Å². The van der Waals surface area contributed by atoms with E-state index in [1.165, 1.54) is 84.2 Å². The number of carboxylic acids is 4. The summed E-state index contributed by atoms with van der Waals surface area (Å²) in [7, 11) is -3.52. The summed E-state index contributed by atoms with van der Waals surface area (Å²) in [5.41, 5.74) is -1.50. The minimum absolute atomic E-state index is 0.0146. The monoisotopic (exact) mass is 1790 g/mol. The number of phenolic OH excluding ortho intramolecular Hbond substituents is 2. The van der Waals surface area contributed by atoms with E-state index in [0.717, 1.165) is 85.5 Å². The first-order valence-electron chi connectivity index (χ1n) is 40.1. The second-order valence-corrected chi connectivity index (χ2v) is 38.0. The van der Waals surface area contributed by atoms with Gasteiger partial charge in [-0.1, -0.05) is 279 Å². The molecule has 0 atom stereocenters. The Hall–Kier alpha value is -14.7. The van der Waals surface area contributed by atoms with Gasteiger partial charge in [0.05, 0.1) is 76.0 Å². The number of phenols is 3. The van der Waals surface area contributed by atoms with Crippen LogP contribution in [0.1, 0.15) is 73.5 Å². The lowest BCUT2D eigenvalue weighted by Crippen LogP contribution is -2.24. The quantitative estimate of drug-likeness (QED) is 0.0392. The average Bonchev–Trinajstić information content (AvgIpc) is 0.784. The van der Waals surface area contributed by atoms with Gasteiger partial charge in [0.2, 0.25) is 0 Å². The Morgan fingerprint density at radius 1 is 0.242 bits per heavy atom. The second-order valence-electron chi connectivity index (χ2n) is 27.7. The molecule has 0 aromatic heterocycles. The van der Waals surface area contributed by atoms with E-state index in [1.54, 1.807) is 0 Å². The van der Waals surface area contributed by atoms with Crippen molar-refractivity contribution in [3.8, 4) is 40.2 Å². The number of carboxylic acid groups (broad SMARTS) is 4. The molecule has 22 heteroatoms. The van der Waals surface area contributed by atoms with Crippen LogP contribution in [0.4, 0.5) is 0 Å². The lowest BCUT2D eigenvalue weighted by Gasteiger charge is -2.21. The van der Waals surface area contributed by atoms with Crippen LogP contribution in [0.3, 0.4) is 0 Å². The molecular formula is C106H90O17S5. The van der Waals surface area contributed by atoms with Gasteiger partial charge in [-0.25, -0.2) is 27.6 Å². The maximum Gasteiger partial charge on any atom is 0.338 e. The molecule has 0 bridgehead atoms. The molecule has 16 aromatic rings. The third-order valence-electron chi connectivity index (χ3n) is 18.9. The van der Waals surface area contributed by atoms with Crippen molar-refractivity contribution in [3.63, 3.8) is 0 Å². The largest absolute Gasteiger partial charge is 0.872 e.